The Morgan fingerprint density at radius 2 is 1.73 bits per heavy atom. The van der Waals surface area contributed by atoms with E-state index in [0.29, 0.717) is 41.8 Å². The standard InChI is InChI=1S/C26H31ClN2O4/c1-17(2)16-33-21-12-8-19(9-13-21)24(30)22-23(18-6-10-20(27)11-7-18)29(26(32)25(22)31)15-5-14-28(3)4/h6-13,17,23,30H,5,14-16H2,1-4H3/t23-/m0/s1. The number of carbonyl (C=O) groups is 2. The summed E-state index contributed by atoms with van der Waals surface area (Å²) in [5.74, 6) is -0.414. The van der Waals surface area contributed by atoms with Gasteiger partial charge in [-0.15, -0.1) is 0 Å². The number of amides is 1. The lowest BCUT2D eigenvalue weighted by molar-refractivity contribution is -0.139. The maximum Gasteiger partial charge on any atom is 0.295 e. The number of carbonyl (C=O) groups excluding carboxylic acids is 2. The molecule has 0 bridgehead atoms. The highest BCUT2D eigenvalue weighted by Crippen LogP contribution is 2.39. The average Bonchev–Trinajstić information content (AvgIpc) is 3.03. The van der Waals surface area contributed by atoms with Gasteiger partial charge in [0.15, 0.2) is 0 Å². The van der Waals surface area contributed by atoms with Crippen molar-refractivity contribution < 1.29 is 19.4 Å². The Morgan fingerprint density at radius 1 is 1.09 bits per heavy atom. The van der Waals surface area contributed by atoms with E-state index in [1.807, 2.05) is 19.0 Å². The normalized spacial score (nSPS) is 17.9. The van der Waals surface area contributed by atoms with Crippen LogP contribution in [-0.2, 0) is 9.59 Å². The SMILES string of the molecule is CC(C)COc1ccc(C(O)=C2C(=O)C(=O)N(CCCN(C)C)[C@H]2c2ccc(Cl)cc2)cc1. The van der Waals surface area contributed by atoms with Crippen molar-refractivity contribution in [2.75, 3.05) is 33.8 Å². The number of aliphatic hydroxyl groups is 1. The van der Waals surface area contributed by atoms with Crippen LogP contribution in [-0.4, -0.2) is 60.4 Å². The van der Waals surface area contributed by atoms with Gasteiger partial charge in [-0.2, -0.15) is 0 Å². The molecule has 1 heterocycles. The molecule has 0 saturated carbocycles. The summed E-state index contributed by atoms with van der Waals surface area (Å²) in [6.07, 6.45) is 0.700. The van der Waals surface area contributed by atoms with Crippen molar-refractivity contribution in [3.63, 3.8) is 0 Å². The minimum atomic E-state index is -0.683. The predicted octanol–water partition coefficient (Wildman–Crippen LogP) is 4.75. The highest BCUT2D eigenvalue weighted by molar-refractivity contribution is 6.46. The van der Waals surface area contributed by atoms with E-state index in [4.69, 9.17) is 16.3 Å². The van der Waals surface area contributed by atoms with E-state index in [1.54, 1.807) is 53.4 Å². The Morgan fingerprint density at radius 3 is 2.30 bits per heavy atom. The first kappa shape index (κ1) is 24.8. The number of hydrogen-bond donors (Lipinski definition) is 1. The van der Waals surface area contributed by atoms with Crippen molar-refractivity contribution in [3.8, 4) is 5.75 Å². The van der Waals surface area contributed by atoms with Gasteiger partial charge in [0.2, 0.25) is 0 Å². The van der Waals surface area contributed by atoms with Gasteiger partial charge in [0.25, 0.3) is 11.7 Å². The van der Waals surface area contributed by atoms with E-state index >= 15 is 0 Å². The van der Waals surface area contributed by atoms with Gasteiger partial charge < -0.3 is 19.6 Å². The Hall–Kier alpha value is -2.83. The highest BCUT2D eigenvalue weighted by atomic mass is 35.5. The van der Waals surface area contributed by atoms with E-state index in [9.17, 15) is 14.7 Å². The van der Waals surface area contributed by atoms with Crippen LogP contribution < -0.4 is 4.74 Å². The number of likely N-dealkylation sites (tertiary alicyclic amines) is 1. The summed E-state index contributed by atoms with van der Waals surface area (Å²) in [5.41, 5.74) is 1.27. The van der Waals surface area contributed by atoms with Crippen LogP contribution in [0, 0.1) is 5.92 Å². The lowest BCUT2D eigenvalue weighted by Crippen LogP contribution is -2.32. The Labute approximate surface area is 200 Å². The predicted molar refractivity (Wildman–Crippen MR) is 130 cm³/mol. The number of benzene rings is 2. The minimum Gasteiger partial charge on any atom is -0.507 e. The monoisotopic (exact) mass is 470 g/mol. The third-order valence-corrected chi connectivity index (χ3v) is 5.69. The molecular weight excluding hydrogens is 440 g/mol. The molecule has 2 aromatic rings. The maximum atomic E-state index is 13.1. The van der Waals surface area contributed by atoms with Crippen molar-refractivity contribution in [2.24, 2.45) is 5.92 Å². The smallest absolute Gasteiger partial charge is 0.295 e. The summed E-state index contributed by atoms with van der Waals surface area (Å²) < 4.78 is 5.70. The topological polar surface area (TPSA) is 70.1 Å². The Bertz CT molecular complexity index is 1010. The van der Waals surface area contributed by atoms with Gasteiger partial charge in [0.1, 0.15) is 11.5 Å². The molecular formula is C26H31ClN2O4. The fraction of sp³-hybridized carbons (Fsp3) is 0.385. The van der Waals surface area contributed by atoms with Gasteiger partial charge in [-0.3, -0.25) is 9.59 Å². The van der Waals surface area contributed by atoms with Gasteiger partial charge in [0, 0.05) is 17.1 Å². The zero-order valence-corrected chi connectivity index (χ0v) is 20.3. The molecule has 1 atom stereocenters. The minimum absolute atomic E-state index is 0.0861. The molecule has 6 nitrogen and oxygen atoms in total. The summed E-state index contributed by atoms with van der Waals surface area (Å²) in [7, 11) is 3.92. The van der Waals surface area contributed by atoms with Crippen LogP contribution in [0.3, 0.4) is 0 Å². The number of nitrogens with zero attached hydrogens (tertiary/aromatic N) is 2. The molecule has 0 aromatic heterocycles. The van der Waals surface area contributed by atoms with Gasteiger partial charge in [-0.1, -0.05) is 37.6 Å². The summed E-state index contributed by atoms with van der Waals surface area (Å²) >= 11 is 6.06. The molecule has 7 heteroatoms. The van der Waals surface area contributed by atoms with Crippen molar-refractivity contribution in [1.29, 1.82) is 0 Å². The molecule has 1 saturated heterocycles. The van der Waals surface area contributed by atoms with E-state index in [2.05, 4.69) is 13.8 Å². The molecule has 176 valence electrons. The molecule has 0 aliphatic carbocycles. The second-order valence-electron chi connectivity index (χ2n) is 8.93. The first-order valence-corrected chi connectivity index (χ1v) is 11.5. The van der Waals surface area contributed by atoms with Gasteiger partial charge in [-0.25, -0.2) is 0 Å². The van der Waals surface area contributed by atoms with E-state index < -0.39 is 17.7 Å². The summed E-state index contributed by atoms with van der Waals surface area (Å²) in [5, 5.41) is 11.7. The molecule has 0 spiro atoms. The lowest BCUT2D eigenvalue weighted by Gasteiger charge is -2.26. The van der Waals surface area contributed by atoms with Gasteiger partial charge in [-0.05, 0) is 74.9 Å². The number of ether oxygens (including phenoxy) is 1. The van der Waals surface area contributed by atoms with Crippen LogP contribution in [0.4, 0.5) is 0 Å². The van der Waals surface area contributed by atoms with Crippen LogP contribution >= 0.6 is 11.6 Å². The molecule has 2 aromatic carbocycles. The summed E-state index contributed by atoms with van der Waals surface area (Å²) in [6, 6.07) is 13.2. The number of hydrogen-bond acceptors (Lipinski definition) is 5. The second-order valence-corrected chi connectivity index (χ2v) is 9.37. The maximum absolute atomic E-state index is 13.1. The Balaban J connectivity index is 1.99. The molecule has 1 aliphatic rings. The highest BCUT2D eigenvalue weighted by Gasteiger charge is 2.45. The number of halogens is 1. The quantitative estimate of drug-likeness (QED) is 0.325. The lowest BCUT2D eigenvalue weighted by atomic mass is 9.95. The largest absolute Gasteiger partial charge is 0.507 e. The number of rotatable bonds is 9. The fourth-order valence-electron chi connectivity index (χ4n) is 3.79. The second kappa shape index (κ2) is 10.9. The van der Waals surface area contributed by atoms with Crippen LogP contribution in [0.25, 0.3) is 5.76 Å². The van der Waals surface area contributed by atoms with Crippen molar-refractivity contribution in [1.82, 2.24) is 9.80 Å². The third kappa shape index (κ3) is 5.95. The first-order chi connectivity index (χ1) is 15.7. The molecule has 3 rings (SSSR count). The molecule has 1 fully saturated rings. The van der Waals surface area contributed by atoms with E-state index in [-0.39, 0.29) is 11.3 Å². The zero-order chi connectivity index (χ0) is 24.1. The van der Waals surface area contributed by atoms with Crippen LogP contribution in [0.15, 0.2) is 54.1 Å². The summed E-state index contributed by atoms with van der Waals surface area (Å²) in [4.78, 5) is 29.6. The molecule has 1 aliphatic heterocycles. The van der Waals surface area contributed by atoms with Crippen molar-refractivity contribution in [2.45, 2.75) is 26.3 Å². The van der Waals surface area contributed by atoms with Crippen LogP contribution in [0.5, 0.6) is 5.75 Å². The molecule has 0 radical (unpaired) electrons. The average molecular weight is 471 g/mol. The van der Waals surface area contributed by atoms with E-state index in [0.717, 1.165) is 12.1 Å². The number of Topliss-reactive ketones (excluding diaryl/α,β-unsaturated/α-hetero) is 1. The summed E-state index contributed by atoms with van der Waals surface area (Å²) in [6.45, 7) is 5.88. The van der Waals surface area contributed by atoms with Crippen molar-refractivity contribution >= 4 is 29.1 Å². The molecule has 1 N–H and O–H groups in total. The Kier molecular flexibility index (Phi) is 8.16. The third-order valence-electron chi connectivity index (χ3n) is 5.44. The fourth-order valence-corrected chi connectivity index (χ4v) is 3.91. The first-order valence-electron chi connectivity index (χ1n) is 11.1. The molecule has 33 heavy (non-hydrogen) atoms. The van der Waals surface area contributed by atoms with Gasteiger partial charge >= 0.3 is 0 Å². The molecule has 0 unspecified atom stereocenters. The zero-order valence-electron chi connectivity index (χ0n) is 19.5. The number of ketones is 1. The van der Waals surface area contributed by atoms with Crippen molar-refractivity contribution in [3.05, 3.63) is 70.3 Å². The van der Waals surface area contributed by atoms with Crippen LogP contribution in [0.1, 0.15) is 37.4 Å². The van der Waals surface area contributed by atoms with Crippen LogP contribution in [0.2, 0.25) is 5.02 Å². The number of aliphatic hydroxyl groups excluding tert-OH is 1. The van der Waals surface area contributed by atoms with E-state index in [1.165, 1.54) is 0 Å². The molecule has 1 amide bonds. The van der Waals surface area contributed by atoms with Gasteiger partial charge in [0.05, 0.1) is 18.2 Å².